The van der Waals surface area contributed by atoms with Crippen LogP contribution in [-0.2, 0) is 0 Å². The zero-order valence-electron chi connectivity index (χ0n) is 13.0. The number of amides is 1. The van der Waals surface area contributed by atoms with Crippen LogP contribution in [0.25, 0.3) is 5.69 Å². The van der Waals surface area contributed by atoms with Crippen molar-refractivity contribution in [3.63, 3.8) is 0 Å². The van der Waals surface area contributed by atoms with Crippen LogP contribution in [0, 0.1) is 11.8 Å². The number of fused-ring (bicyclic) bond motifs is 1. The van der Waals surface area contributed by atoms with Gasteiger partial charge in [0, 0.05) is 23.6 Å². The average molecular weight is 413 g/mol. The summed E-state index contributed by atoms with van der Waals surface area (Å²) in [5.74, 6) is 1.05. The Bertz CT molecular complexity index is 738. The third kappa shape index (κ3) is 2.96. The van der Waals surface area contributed by atoms with Gasteiger partial charge in [-0.25, -0.2) is 9.67 Å². The molecule has 2 fully saturated rings. The van der Waals surface area contributed by atoms with E-state index >= 15 is 0 Å². The number of halogens is 2. The number of benzene rings is 1. The second kappa shape index (κ2) is 6.82. The lowest BCUT2D eigenvalue weighted by atomic mass is 9.98. The highest BCUT2D eigenvalue weighted by atomic mass is 79.9. The first-order chi connectivity index (χ1) is 11.1. The van der Waals surface area contributed by atoms with Gasteiger partial charge in [-0.1, -0.05) is 15.9 Å². The van der Waals surface area contributed by atoms with Crippen molar-refractivity contribution < 1.29 is 4.79 Å². The molecule has 3 atom stereocenters. The van der Waals surface area contributed by atoms with Crippen LogP contribution in [0.15, 0.2) is 35.3 Å². The molecule has 2 heterocycles. The minimum absolute atomic E-state index is 0. The maximum absolute atomic E-state index is 13.0. The van der Waals surface area contributed by atoms with E-state index in [0.29, 0.717) is 17.4 Å². The average Bonchev–Trinajstić information content (AvgIpc) is 3.25. The second-order valence-electron chi connectivity index (χ2n) is 6.38. The highest BCUT2D eigenvalue weighted by molar-refractivity contribution is 9.10. The standard InChI is InChI=1S/C16H18BrN5O.ClH/c17-11-2-3-12(15(5-11)22-9-19-8-20-22)16(23)21-6-10-1-4-14(18)13(10)7-21;/h2-3,5,8-10,13-14H,1,4,6-7,18H2;1H. The monoisotopic (exact) mass is 411 g/mol. The van der Waals surface area contributed by atoms with Crippen LogP contribution in [0.4, 0.5) is 0 Å². The van der Waals surface area contributed by atoms with E-state index in [1.165, 1.54) is 6.33 Å². The van der Waals surface area contributed by atoms with E-state index < -0.39 is 0 Å². The molecule has 2 N–H and O–H groups in total. The number of hydrogen-bond donors (Lipinski definition) is 1. The van der Waals surface area contributed by atoms with Crippen molar-refractivity contribution in [2.45, 2.75) is 18.9 Å². The number of nitrogens with two attached hydrogens (primary N) is 1. The number of aromatic nitrogens is 3. The van der Waals surface area contributed by atoms with Gasteiger partial charge in [0.25, 0.3) is 5.91 Å². The van der Waals surface area contributed by atoms with Crippen molar-refractivity contribution in [3.05, 3.63) is 40.9 Å². The molecule has 3 unspecified atom stereocenters. The molecule has 24 heavy (non-hydrogen) atoms. The Kier molecular flexibility index (Phi) is 4.94. The van der Waals surface area contributed by atoms with Crippen LogP contribution in [0.5, 0.6) is 0 Å². The lowest BCUT2D eigenvalue weighted by Crippen LogP contribution is -2.34. The molecule has 1 saturated carbocycles. The van der Waals surface area contributed by atoms with Gasteiger partial charge in [0.2, 0.25) is 0 Å². The lowest BCUT2D eigenvalue weighted by Gasteiger charge is -2.20. The van der Waals surface area contributed by atoms with Crippen LogP contribution in [0.3, 0.4) is 0 Å². The lowest BCUT2D eigenvalue weighted by molar-refractivity contribution is 0.0779. The molecule has 2 aromatic rings. The number of carbonyl (C=O) groups excluding carboxylic acids is 1. The predicted octanol–water partition coefficient (Wildman–Crippen LogP) is 2.26. The molecule has 0 spiro atoms. The molecule has 0 radical (unpaired) electrons. The minimum atomic E-state index is 0. The quantitative estimate of drug-likeness (QED) is 0.821. The number of rotatable bonds is 2. The molecule has 1 saturated heterocycles. The summed E-state index contributed by atoms with van der Waals surface area (Å²) in [4.78, 5) is 18.9. The summed E-state index contributed by atoms with van der Waals surface area (Å²) in [5, 5.41) is 4.16. The first kappa shape index (κ1) is 17.4. The second-order valence-corrected chi connectivity index (χ2v) is 7.29. The fourth-order valence-electron chi connectivity index (χ4n) is 3.85. The van der Waals surface area contributed by atoms with Crippen molar-refractivity contribution in [3.8, 4) is 5.69 Å². The smallest absolute Gasteiger partial charge is 0.256 e. The van der Waals surface area contributed by atoms with Gasteiger partial charge in [0.05, 0.1) is 11.3 Å². The molecular formula is C16H19BrClN5O. The van der Waals surface area contributed by atoms with E-state index in [1.54, 1.807) is 11.0 Å². The Labute approximate surface area is 155 Å². The maximum atomic E-state index is 13.0. The molecule has 8 heteroatoms. The SMILES string of the molecule is Cl.NC1CCC2CN(C(=O)c3ccc(Br)cc3-n3cncn3)CC12. The molecule has 2 aliphatic rings. The van der Waals surface area contributed by atoms with Gasteiger partial charge in [0.1, 0.15) is 12.7 Å². The molecule has 4 rings (SSSR count). The third-order valence-electron chi connectivity index (χ3n) is 5.06. The van der Waals surface area contributed by atoms with Crippen LogP contribution in [0.1, 0.15) is 23.2 Å². The van der Waals surface area contributed by atoms with Gasteiger partial charge < -0.3 is 10.6 Å². The number of hydrogen-bond acceptors (Lipinski definition) is 4. The fraction of sp³-hybridized carbons (Fsp3) is 0.438. The maximum Gasteiger partial charge on any atom is 0.256 e. The van der Waals surface area contributed by atoms with Crippen molar-refractivity contribution in [2.75, 3.05) is 13.1 Å². The number of carbonyl (C=O) groups is 1. The third-order valence-corrected chi connectivity index (χ3v) is 5.55. The molecule has 1 aromatic heterocycles. The van der Waals surface area contributed by atoms with E-state index in [2.05, 4.69) is 26.0 Å². The van der Waals surface area contributed by atoms with Crippen LogP contribution >= 0.6 is 28.3 Å². The molecule has 6 nitrogen and oxygen atoms in total. The summed E-state index contributed by atoms with van der Waals surface area (Å²) >= 11 is 3.46. The summed E-state index contributed by atoms with van der Waals surface area (Å²) in [6.07, 6.45) is 5.29. The van der Waals surface area contributed by atoms with Gasteiger partial charge in [0.15, 0.2) is 0 Å². The summed E-state index contributed by atoms with van der Waals surface area (Å²) in [5.41, 5.74) is 7.57. The summed E-state index contributed by atoms with van der Waals surface area (Å²) in [6, 6.07) is 5.86. The van der Waals surface area contributed by atoms with Gasteiger partial charge in [-0.05, 0) is 42.9 Å². The Hall–Kier alpha value is -1.44. The van der Waals surface area contributed by atoms with E-state index in [-0.39, 0.29) is 24.4 Å². The zero-order chi connectivity index (χ0) is 16.0. The Morgan fingerprint density at radius 2 is 2.12 bits per heavy atom. The van der Waals surface area contributed by atoms with Crippen LogP contribution in [0.2, 0.25) is 0 Å². The Morgan fingerprint density at radius 1 is 1.29 bits per heavy atom. The first-order valence-corrected chi connectivity index (χ1v) is 8.62. The van der Waals surface area contributed by atoms with Gasteiger partial charge >= 0.3 is 0 Å². The topological polar surface area (TPSA) is 77.0 Å². The fourth-order valence-corrected chi connectivity index (χ4v) is 4.20. The van der Waals surface area contributed by atoms with Crippen molar-refractivity contribution in [2.24, 2.45) is 17.6 Å². The largest absolute Gasteiger partial charge is 0.338 e. The molecule has 1 aromatic carbocycles. The highest BCUT2D eigenvalue weighted by Gasteiger charge is 2.42. The molecule has 1 aliphatic carbocycles. The first-order valence-electron chi connectivity index (χ1n) is 7.83. The van der Waals surface area contributed by atoms with Gasteiger partial charge in [-0.2, -0.15) is 5.10 Å². The number of nitrogens with zero attached hydrogens (tertiary/aromatic N) is 4. The van der Waals surface area contributed by atoms with Crippen molar-refractivity contribution >= 4 is 34.2 Å². The Balaban J connectivity index is 0.00000169. The Morgan fingerprint density at radius 3 is 2.83 bits per heavy atom. The summed E-state index contributed by atoms with van der Waals surface area (Å²) in [7, 11) is 0. The van der Waals surface area contributed by atoms with Crippen molar-refractivity contribution in [1.82, 2.24) is 19.7 Å². The van der Waals surface area contributed by atoms with Crippen LogP contribution in [-0.4, -0.2) is 44.7 Å². The number of likely N-dealkylation sites (tertiary alicyclic amines) is 1. The van der Waals surface area contributed by atoms with E-state index in [0.717, 1.165) is 36.1 Å². The molecule has 128 valence electrons. The summed E-state index contributed by atoms with van der Waals surface area (Å²) in [6.45, 7) is 1.57. The normalized spacial score (nSPS) is 25.4. The van der Waals surface area contributed by atoms with E-state index in [9.17, 15) is 4.79 Å². The zero-order valence-corrected chi connectivity index (χ0v) is 15.4. The molecular weight excluding hydrogens is 394 g/mol. The van der Waals surface area contributed by atoms with Crippen LogP contribution < -0.4 is 5.73 Å². The minimum Gasteiger partial charge on any atom is -0.338 e. The van der Waals surface area contributed by atoms with E-state index in [4.69, 9.17) is 5.73 Å². The molecule has 0 bridgehead atoms. The van der Waals surface area contributed by atoms with Gasteiger partial charge in [-0.3, -0.25) is 4.79 Å². The van der Waals surface area contributed by atoms with E-state index in [1.807, 2.05) is 23.1 Å². The molecule has 1 amide bonds. The summed E-state index contributed by atoms with van der Waals surface area (Å²) < 4.78 is 2.53. The molecule has 1 aliphatic heterocycles. The van der Waals surface area contributed by atoms with Crippen molar-refractivity contribution in [1.29, 1.82) is 0 Å². The highest BCUT2D eigenvalue weighted by Crippen LogP contribution is 2.38. The van der Waals surface area contributed by atoms with Gasteiger partial charge in [-0.15, -0.1) is 12.4 Å². The predicted molar refractivity (Wildman–Crippen MR) is 96.4 cm³/mol.